The summed E-state index contributed by atoms with van der Waals surface area (Å²) in [7, 11) is 0. The van der Waals surface area contributed by atoms with E-state index in [0.29, 0.717) is 17.9 Å². The molecule has 5 heteroatoms. The Bertz CT molecular complexity index is 827. The summed E-state index contributed by atoms with van der Waals surface area (Å²) < 4.78 is 4.97. The van der Waals surface area contributed by atoms with E-state index in [1.807, 2.05) is 13.8 Å². The lowest BCUT2D eigenvalue weighted by Gasteiger charge is -2.19. The van der Waals surface area contributed by atoms with Crippen molar-refractivity contribution in [3.8, 4) is 0 Å². The van der Waals surface area contributed by atoms with Crippen molar-refractivity contribution in [3.63, 3.8) is 0 Å². The van der Waals surface area contributed by atoms with Gasteiger partial charge in [0, 0.05) is 11.8 Å². The van der Waals surface area contributed by atoms with Crippen LogP contribution in [0.4, 0.5) is 5.69 Å². The van der Waals surface area contributed by atoms with Crippen LogP contribution in [0.2, 0.25) is 0 Å². The van der Waals surface area contributed by atoms with E-state index in [1.165, 1.54) is 16.0 Å². The lowest BCUT2D eigenvalue weighted by Crippen LogP contribution is -2.33. The highest BCUT2D eigenvalue weighted by Gasteiger charge is 2.61. The molecule has 0 unspecified atom stereocenters. The first-order valence-corrected chi connectivity index (χ1v) is 8.96. The third kappa shape index (κ3) is 2.19. The third-order valence-corrected chi connectivity index (χ3v) is 5.63. The Balaban J connectivity index is 1.64. The summed E-state index contributed by atoms with van der Waals surface area (Å²) in [6.07, 6.45) is 4.15. The number of esters is 1. The molecule has 5 nitrogen and oxygen atoms in total. The Morgan fingerprint density at radius 1 is 1.00 bits per heavy atom. The molecule has 0 aromatic heterocycles. The monoisotopic (exact) mass is 351 g/mol. The molecule has 1 saturated heterocycles. The van der Waals surface area contributed by atoms with E-state index in [4.69, 9.17) is 4.74 Å². The maximum atomic E-state index is 13.0. The zero-order chi connectivity index (χ0) is 18.6. The number of benzene rings is 1. The van der Waals surface area contributed by atoms with Gasteiger partial charge in [-0.3, -0.25) is 9.59 Å². The van der Waals surface area contributed by atoms with Gasteiger partial charge in [0.2, 0.25) is 11.8 Å². The number of fused-ring (bicyclic) bond motifs is 5. The van der Waals surface area contributed by atoms with Crippen molar-refractivity contribution in [2.45, 2.75) is 20.8 Å². The minimum absolute atomic E-state index is 0.0373. The van der Waals surface area contributed by atoms with Gasteiger partial charge in [0.25, 0.3) is 0 Å². The largest absolute Gasteiger partial charge is 0.462 e. The lowest BCUT2D eigenvalue weighted by molar-refractivity contribution is -0.122. The van der Waals surface area contributed by atoms with Gasteiger partial charge < -0.3 is 4.74 Å². The van der Waals surface area contributed by atoms with E-state index < -0.39 is 5.97 Å². The summed E-state index contributed by atoms with van der Waals surface area (Å²) in [5.41, 5.74) is 3.35. The van der Waals surface area contributed by atoms with Crippen molar-refractivity contribution in [1.82, 2.24) is 0 Å². The molecular weight excluding hydrogens is 330 g/mol. The second kappa shape index (κ2) is 5.94. The van der Waals surface area contributed by atoms with Crippen LogP contribution in [0, 0.1) is 23.7 Å². The van der Waals surface area contributed by atoms with Gasteiger partial charge in [0.1, 0.15) is 0 Å². The van der Waals surface area contributed by atoms with Crippen LogP contribution in [-0.2, 0) is 14.3 Å². The first kappa shape index (κ1) is 16.8. The molecule has 3 aliphatic rings. The maximum Gasteiger partial charge on any atom is 0.338 e. The summed E-state index contributed by atoms with van der Waals surface area (Å²) in [6.45, 7) is 6.14. The van der Waals surface area contributed by atoms with E-state index in [-0.39, 0.29) is 35.5 Å². The number of rotatable bonds is 3. The number of carbonyl (C=O) groups is 3. The van der Waals surface area contributed by atoms with Gasteiger partial charge in [-0.15, -0.1) is 0 Å². The summed E-state index contributed by atoms with van der Waals surface area (Å²) in [4.78, 5) is 39.1. The van der Waals surface area contributed by atoms with Crippen LogP contribution in [-0.4, -0.2) is 24.4 Å². The van der Waals surface area contributed by atoms with Crippen LogP contribution in [0.3, 0.4) is 0 Å². The van der Waals surface area contributed by atoms with Gasteiger partial charge in [-0.25, -0.2) is 9.69 Å². The molecule has 1 heterocycles. The zero-order valence-electron chi connectivity index (χ0n) is 15.1. The van der Waals surface area contributed by atoms with Gasteiger partial charge in [-0.05, 0) is 45.0 Å². The summed E-state index contributed by atoms with van der Waals surface area (Å²) in [5.74, 6) is -1.21. The number of hydrogen-bond acceptors (Lipinski definition) is 4. The van der Waals surface area contributed by atoms with E-state index in [1.54, 1.807) is 31.2 Å². The lowest BCUT2D eigenvalue weighted by atomic mass is 9.85. The van der Waals surface area contributed by atoms with E-state index in [2.05, 4.69) is 12.2 Å². The highest BCUT2D eigenvalue weighted by molar-refractivity contribution is 6.23. The fourth-order valence-electron chi connectivity index (χ4n) is 4.65. The number of hydrogen-bond donors (Lipinski definition) is 0. The molecule has 2 aliphatic carbocycles. The number of ether oxygens (including phenoxy) is 1. The second-order valence-corrected chi connectivity index (χ2v) is 7.22. The fraction of sp³-hybridized carbons (Fsp3) is 0.381. The van der Waals surface area contributed by atoms with Gasteiger partial charge in [-0.2, -0.15) is 0 Å². The normalized spacial score (nSPS) is 28.7. The summed E-state index contributed by atoms with van der Waals surface area (Å²) >= 11 is 0. The quantitative estimate of drug-likeness (QED) is 0.477. The number of allylic oxidation sites excluding steroid dienone is 4. The zero-order valence-corrected chi connectivity index (χ0v) is 15.1. The standard InChI is InChI=1S/C21H21NO4/c1-4-26-21(25)12-5-7-13(8-6-12)22-19(23)17-14-9-10-15(16(14)11(2)3)18(17)20(22)24/h5-10,14-15,17-18H,4H2,1-3H3/t14-,15-,17+,18+/m1/s1. The van der Waals surface area contributed by atoms with Crippen molar-refractivity contribution < 1.29 is 19.1 Å². The average Bonchev–Trinajstić information content (AvgIpc) is 3.25. The molecule has 1 saturated carbocycles. The Morgan fingerprint density at radius 2 is 1.54 bits per heavy atom. The highest BCUT2D eigenvalue weighted by atomic mass is 16.5. The van der Waals surface area contributed by atoms with Crippen LogP contribution >= 0.6 is 0 Å². The average molecular weight is 351 g/mol. The van der Waals surface area contributed by atoms with E-state index in [9.17, 15) is 14.4 Å². The van der Waals surface area contributed by atoms with E-state index in [0.717, 1.165) is 0 Å². The number of nitrogens with zero attached hydrogens (tertiary/aromatic N) is 1. The Kier molecular flexibility index (Phi) is 3.83. The van der Waals surface area contributed by atoms with E-state index >= 15 is 0 Å². The topological polar surface area (TPSA) is 63.7 Å². The fourth-order valence-corrected chi connectivity index (χ4v) is 4.65. The van der Waals surface area contributed by atoms with Gasteiger partial charge in [0.15, 0.2) is 0 Å². The van der Waals surface area contributed by atoms with Crippen LogP contribution in [0.1, 0.15) is 31.1 Å². The molecule has 0 radical (unpaired) electrons. The summed E-state index contributed by atoms with van der Waals surface area (Å²) in [5, 5.41) is 0. The van der Waals surface area contributed by atoms with Crippen molar-refractivity contribution >= 4 is 23.5 Å². The van der Waals surface area contributed by atoms with Gasteiger partial charge in [0.05, 0.1) is 29.7 Å². The minimum atomic E-state index is -0.412. The molecule has 0 N–H and O–H groups in total. The Hall–Kier alpha value is -2.69. The molecule has 134 valence electrons. The molecule has 2 bridgehead atoms. The molecule has 1 aromatic rings. The van der Waals surface area contributed by atoms with Crippen LogP contribution in [0.25, 0.3) is 0 Å². The minimum Gasteiger partial charge on any atom is -0.462 e. The Morgan fingerprint density at radius 3 is 2.00 bits per heavy atom. The maximum absolute atomic E-state index is 13.0. The second-order valence-electron chi connectivity index (χ2n) is 7.22. The number of imide groups is 1. The molecule has 26 heavy (non-hydrogen) atoms. The van der Waals surface area contributed by atoms with Crippen molar-refractivity contribution in [2.75, 3.05) is 11.5 Å². The molecule has 4 atom stereocenters. The van der Waals surface area contributed by atoms with Crippen molar-refractivity contribution in [2.24, 2.45) is 23.7 Å². The van der Waals surface area contributed by atoms with Gasteiger partial charge in [-0.1, -0.05) is 23.3 Å². The molecular formula is C21H21NO4. The highest BCUT2D eigenvalue weighted by Crippen LogP contribution is 2.57. The molecule has 1 aromatic carbocycles. The first-order chi connectivity index (χ1) is 12.5. The number of amides is 2. The molecule has 2 amide bonds. The number of anilines is 1. The molecule has 1 aliphatic heterocycles. The van der Waals surface area contributed by atoms with Gasteiger partial charge >= 0.3 is 5.97 Å². The third-order valence-electron chi connectivity index (χ3n) is 5.63. The first-order valence-electron chi connectivity index (χ1n) is 8.96. The summed E-state index contributed by atoms with van der Waals surface area (Å²) in [6, 6.07) is 6.47. The smallest absolute Gasteiger partial charge is 0.338 e. The number of carbonyl (C=O) groups excluding carboxylic acids is 3. The molecule has 0 spiro atoms. The predicted octanol–water partition coefficient (Wildman–Crippen LogP) is 3.12. The van der Waals surface area contributed by atoms with Crippen LogP contribution in [0.5, 0.6) is 0 Å². The SMILES string of the molecule is CCOC(=O)c1ccc(N2C(=O)[C@@H]3[C@@H](C2=O)[C@@H]2C=C[C@@H]3C2=C(C)C)cc1. The molecule has 2 fully saturated rings. The van der Waals surface area contributed by atoms with Crippen molar-refractivity contribution in [3.05, 3.63) is 53.1 Å². The Labute approximate surface area is 152 Å². The predicted molar refractivity (Wildman–Crippen MR) is 96.4 cm³/mol. The van der Waals surface area contributed by atoms with Crippen LogP contribution in [0.15, 0.2) is 47.6 Å². The van der Waals surface area contributed by atoms with Crippen LogP contribution < -0.4 is 4.90 Å². The van der Waals surface area contributed by atoms with Crippen molar-refractivity contribution in [1.29, 1.82) is 0 Å². The molecule has 4 rings (SSSR count).